The molecule has 2 aromatic rings. The first-order valence-corrected chi connectivity index (χ1v) is 11.2. The van der Waals surface area contributed by atoms with Gasteiger partial charge in [0, 0.05) is 12.6 Å². The number of hydrogen-bond donors (Lipinski definition) is 0. The Hall–Kier alpha value is -2.62. The first kappa shape index (κ1) is 20.6. The number of carbonyl (C=O) groups is 2. The van der Waals surface area contributed by atoms with Crippen LogP contribution in [0.1, 0.15) is 55.8 Å². The monoisotopic (exact) mass is 404 g/mol. The van der Waals surface area contributed by atoms with E-state index in [0.717, 1.165) is 29.5 Å². The van der Waals surface area contributed by atoms with E-state index in [9.17, 15) is 9.59 Å². The van der Waals surface area contributed by atoms with Gasteiger partial charge in [-0.25, -0.2) is 0 Å². The van der Waals surface area contributed by atoms with Gasteiger partial charge >= 0.3 is 0 Å². The minimum atomic E-state index is -0.559. The van der Waals surface area contributed by atoms with Crippen molar-refractivity contribution in [2.24, 2.45) is 11.8 Å². The first-order chi connectivity index (χ1) is 14.5. The van der Waals surface area contributed by atoms with Gasteiger partial charge in [0.25, 0.3) is 5.91 Å². The summed E-state index contributed by atoms with van der Waals surface area (Å²) in [5.74, 6) is 1.09. The number of nitrogens with zero attached hydrogens (tertiary/aromatic N) is 2. The summed E-state index contributed by atoms with van der Waals surface area (Å²) in [5.41, 5.74) is 3.09. The molecule has 0 unspecified atom stereocenters. The van der Waals surface area contributed by atoms with Crippen LogP contribution in [0.2, 0.25) is 0 Å². The van der Waals surface area contributed by atoms with Crippen molar-refractivity contribution in [3.8, 4) is 0 Å². The Kier molecular flexibility index (Phi) is 5.94. The lowest BCUT2D eigenvalue weighted by molar-refractivity contribution is -0.161. The van der Waals surface area contributed by atoms with Crippen molar-refractivity contribution in [2.45, 2.75) is 58.7 Å². The summed E-state index contributed by atoms with van der Waals surface area (Å²) in [6, 6.07) is 17.6. The maximum Gasteiger partial charge on any atom is 0.250 e. The van der Waals surface area contributed by atoms with Crippen molar-refractivity contribution >= 4 is 11.8 Å². The molecule has 2 fully saturated rings. The van der Waals surface area contributed by atoms with E-state index in [4.69, 9.17) is 0 Å². The predicted molar refractivity (Wildman–Crippen MR) is 119 cm³/mol. The quantitative estimate of drug-likeness (QED) is 0.739. The molecule has 0 spiro atoms. The molecule has 0 N–H and O–H groups in total. The molecule has 2 amide bonds. The molecule has 2 aliphatic rings. The lowest BCUT2D eigenvalue weighted by atomic mass is 9.76. The number of amides is 2. The van der Waals surface area contributed by atoms with E-state index in [1.54, 1.807) is 4.90 Å². The van der Waals surface area contributed by atoms with Crippen LogP contribution in [-0.4, -0.2) is 34.2 Å². The van der Waals surface area contributed by atoms with Crippen molar-refractivity contribution in [2.75, 3.05) is 6.54 Å². The highest BCUT2D eigenvalue weighted by molar-refractivity contribution is 5.95. The highest BCUT2D eigenvalue weighted by Gasteiger charge is 2.45. The van der Waals surface area contributed by atoms with E-state index in [0.29, 0.717) is 18.4 Å². The molecule has 1 saturated carbocycles. The molecule has 158 valence electrons. The standard InChI is InChI=1S/C26H32N2O2/c1-18-12-14-22(15-13-18)25-26(30)27(23-11-7-8-19(2)20(23)3)17-24(29)28(25)16-21-9-5-4-6-10-21/h4-6,9-10,12-15,19-20,23,25H,7-8,11,16-17H2,1-3H3/t19-,20+,23+,25+/m0/s1. The van der Waals surface area contributed by atoms with Gasteiger partial charge in [0.1, 0.15) is 12.6 Å². The van der Waals surface area contributed by atoms with Crippen LogP contribution in [0.3, 0.4) is 0 Å². The van der Waals surface area contributed by atoms with Crippen LogP contribution in [0, 0.1) is 18.8 Å². The maximum atomic E-state index is 13.8. The molecule has 2 aromatic carbocycles. The lowest BCUT2D eigenvalue weighted by Gasteiger charge is -2.47. The molecule has 4 atom stereocenters. The minimum Gasteiger partial charge on any atom is -0.328 e. The van der Waals surface area contributed by atoms with Crippen molar-refractivity contribution in [3.05, 3.63) is 71.3 Å². The lowest BCUT2D eigenvalue weighted by Crippen LogP contribution is -2.60. The van der Waals surface area contributed by atoms with Crippen molar-refractivity contribution in [1.82, 2.24) is 9.80 Å². The zero-order valence-corrected chi connectivity index (χ0v) is 18.3. The van der Waals surface area contributed by atoms with Gasteiger partial charge in [-0.1, -0.05) is 86.8 Å². The van der Waals surface area contributed by atoms with E-state index in [2.05, 4.69) is 13.8 Å². The zero-order chi connectivity index (χ0) is 21.3. The number of aryl methyl sites for hydroxylation is 1. The molecule has 1 aliphatic carbocycles. The molecule has 1 aliphatic heterocycles. The van der Waals surface area contributed by atoms with E-state index >= 15 is 0 Å². The number of hydrogen-bond acceptors (Lipinski definition) is 2. The van der Waals surface area contributed by atoms with Crippen LogP contribution >= 0.6 is 0 Å². The number of rotatable bonds is 4. The van der Waals surface area contributed by atoms with Gasteiger partial charge in [0.05, 0.1) is 0 Å². The molecular weight excluding hydrogens is 372 g/mol. The Morgan fingerprint density at radius 2 is 1.63 bits per heavy atom. The largest absolute Gasteiger partial charge is 0.328 e. The van der Waals surface area contributed by atoms with Crippen LogP contribution in [-0.2, 0) is 16.1 Å². The summed E-state index contributed by atoms with van der Waals surface area (Å²) in [6.07, 6.45) is 3.32. The van der Waals surface area contributed by atoms with Crippen molar-refractivity contribution in [3.63, 3.8) is 0 Å². The Balaban J connectivity index is 1.69. The maximum absolute atomic E-state index is 13.8. The second-order valence-electron chi connectivity index (χ2n) is 9.12. The predicted octanol–water partition coefficient (Wildman–Crippen LogP) is 4.73. The summed E-state index contributed by atoms with van der Waals surface area (Å²) in [5, 5.41) is 0. The SMILES string of the molecule is Cc1ccc([C@@H]2C(=O)N([C@@H]3CCC[C@H](C)[C@H]3C)CC(=O)N2Cc2ccccc2)cc1. The average molecular weight is 405 g/mol. The summed E-state index contributed by atoms with van der Waals surface area (Å²) >= 11 is 0. The molecule has 0 aromatic heterocycles. The van der Waals surface area contributed by atoms with Crippen molar-refractivity contribution < 1.29 is 9.59 Å². The van der Waals surface area contributed by atoms with Gasteiger partial charge in [-0.3, -0.25) is 9.59 Å². The Bertz CT molecular complexity index is 893. The van der Waals surface area contributed by atoms with E-state index in [1.807, 2.05) is 66.4 Å². The summed E-state index contributed by atoms with van der Waals surface area (Å²) in [4.78, 5) is 30.9. The van der Waals surface area contributed by atoms with Crippen LogP contribution in [0.15, 0.2) is 54.6 Å². The molecule has 30 heavy (non-hydrogen) atoms. The summed E-state index contributed by atoms with van der Waals surface area (Å²) in [6.45, 7) is 7.19. The molecule has 0 radical (unpaired) electrons. The molecule has 4 heteroatoms. The van der Waals surface area contributed by atoms with Gasteiger partial charge in [-0.2, -0.15) is 0 Å². The van der Waals surface area contributed by atoms with Crippen LogP contribution in [0.5, 0.6) is 0 Å². The zero-order valence-electron chi connectivity index (χ0n) is 18.3. The Morgan fingerprint density at radius 1 is 0.933 bits per heavy atom. The number of carbonyl (C=O) groups excluding carboxylic acids is 2. The van der Waals surface area contributed by atoms with E-state index < -0.39 is 6.04 Å². The van der Waals surface area contributed by atoms with Gasteiger partial charge < -0.3 is 9.80 Å². The van der Waals surface area contributed by atoms with Gasteiger partial charge in [-0.15, -0.1) is 0 Å². The summed E-state index contributed by atoms with van der Waals surface area (Å²) < 4.78 is 0. The summed E-state index contributed by atoms with van der Waals surface area (Å²) in [7, 11) is 0. The molecule has 0 bridgehead atoms. The second-order valence-corrected chi connectivity index (χ2v) is 9.12. The first-order valence-electron chi connectivity index (χ1n) is 11.2. The Labute approximate surface area is 179 Å². The van der Waals surface area contributed by atoms with Gasteiger partial charge in [-0.05, 0) is 36.3 Å². The van der Waals surface area contributed by atoms with Gasteiger partial charge in [0.15, 0.2) is 0 Å². The third kappa shape index (κ3) is 4.00. The average Bonchev–Trinajstić information content (AvgIpc) is 2.75. The van der Waals surface area contributed by atoms with Crippen LogP contribution < -0.4 is 0 Å². The Morgan fingerprint density at radius 3 is 2.33 bits per heavy atom. The smallest absolute Gasteiger partial charge is 0.250 e. The number of benzene rings is 2. The topological polar surface area (TPSA) is 40.6 Å². The molecule has 4 rings (SSSR count). The van der Waals surface area contributed by atoms with E-state index in [-0.39, 0.29) is 24.4 Å². The highest BCUT2D eigenvalue weighted by Crippen LogP contribution is 2.37. The fraction of sp³-hybridized carbons (Fsp3) is 0.462. The number of piperazine rings is 1. The van der Waals surface area contributed by atoms with Crippen LogP contribution in [0.4, 0.5) is 0 Å². The fourth-order valence-corrected chi connectivity index (χ4v) is 5.05. The highest BCUT2D eigenvalue weighted by atomic mass is 16.2. The molecule has 4 nitrogen and oxygen atoms in total. The van der Waals surface area contributed by atoms with Crippen molar-refractivity contribution in [1.29, 1.82) is 0 Å². The third-order valence-corrected chi connectivity index (χ3v) is 7.11. The third-order valence-electron chi connectivity index (χ3n) is 7.11. The normalized spacial score (nSPS) is 27.4. The van der Waals surface area contributed by atoms with Gasteiger partial charge in [0.2, 0.25) is 5.91 Å². The second kappa shape index (κ2) is 8.63. The molecule has 1 heterocycles. The molecule has 1 saturated heterocycles. The minimum absolute atomic E-state index is 0.0365. The van der Waals surface area contributed by atoms with E-state index in [1.165, 1.54) is 6.42 Å². The fourth-order valence-electron chi connectivity index (χ4n) is 5.05. The van der Waals surface area contributed by atoms with Crippen LogP contribution in [0.25, 0.3) is 0 Å². The molecular formula is C26H32N2O2.